The predicted octanol–water partition coefficient (Wildman–Crippen LogP) is 3.40. The molecule has 1 aliphatic rings. The van der Waals surface area contributed by atoms with E-state index in [0.29, 0.717) is 11.7 Å². The minimum absolute atomic E-state index is 0.182. The van der Waals surface area contributed by atoms with Gasteiger partial charge in [-0.05, 0) is 54.4 Å². The van der Waals surface area contributed by atoms with E-state index >= 15 is 0 Å². The zero-order chi connectivity index (χ0) is 13.2. The number of rotatable bonds is 5. The van der Waals surface area contributed by atoms with E-state index in [4.69, 9.17) is 5.73 Å². The molecule has 0 atom stereocenters. The van der Waals surface area contributed by atoms with E-state index in [-0.39, 0.29) is 5.82 Å². The van der Waals surface area contributed by atoms with Crippen LogP contribution in [0.5, 0.6) is 0 Å². The van der Waals surface area contributed by atoms with Gasteiger partial charge in [-0.3, -0.25) is 0 Å². The second-order valence-corrected chi connectivity index (χ2v) is 5.66. The van der Waals surface area contributed by atoms with Gasteiger partial charge in [-0.2, -0.15) is 4.37 Å². The molecule has 1 aromatic heterocycles. The van der Waals surface area contributed by atoms with Crippen LogP contribution < -0.4 is 11.1 Å². The molecule has 5 heteroatoms. The summed E-state index contributed by atoms with van der Waals surface area (Å²) in [5.74, 6) is 1.08. The Morgan fingerprint density at radius 2 is 2.26 bits per heavy atom. The molecule has 0 unspecified atom stereocenters. The first kappa shape index (κ1) is 12.4. The highest BCUT2D eigenvalue weighted by Crippen LogP contribution is 2.47. The summed E-state index contributed by atoms with van der Waals surface area (Å²) in [4.78, 5) is 0. The quantitative estimate of drug-likeness (QED) is 0.880. The Morgan fingerprint density at radius 3 is 3.00 bits per heavy atom. The molecule has 0 amide bonds. The predicted molar refractivity (Wildman–Crippen MR) is 77.1 cm³/mol. The van der Waals surface area contributed by atoms with Crippen molar-refractivity contribution < 1.29 is 4.39 Å². The Bertz CT molecular complexity index is 578. The van der Waals surface area contributed by atoms with Crippen molar-refractivity contribution in [2.24, 2.45) is 0 Å². The fourth-order valence-electron chi connectivity index (χ4n) is 2.22. The Balaban J connectivity index is 1.61. The van der Waals surface area contributed by atoms with Gasteiger partial charge in [0.25, 0.3) is 0 Å². The topological polar surface area (TPSA) is 50.9 Å². The van der Waals surface area contributed by atoms with Crippen molar-refractivity contribution in [3.63, 3.8) is 0 Å². The maximum absolute atomic E-state index is 13.1. The van der Waals surface area contributed by atoms with Gasteiger partial charge in [-0.1, -0.05) is 12.1 Å². The lowest BCUT2D eigenvalue weighted by Gasteiger charge is -2.06. The fourth-order valence-corrected chi connectivity index (χ4v) is 3.04. The first-order chi connectivity index (χ1) is 9.24. The summed E-state index contributed by atoms with van der Waals surface area (Å²) in [5.41, 5.74) is 8.08. The van der Waals surface area contributed by atoms with Gasteiger partial charge < -0.3 is 11.1 Å². The maximum Gasteiger partial charge on any atom is 0.142 e. The fraction of sp³-hybridized carbons (Fsp3) is 0.357. The van der Waals surface area contributed by atoms with Crippen LogP contribution in [-0.2, 0) is 6.42 Å². The van der Waals surface area contributed by atoms with Crippen LogP contribution in [0.25, 0.3) is 0 Å². The summed E-state index contributed by atoms with van der Waals surface area (Å²) < 4.78 is 17.3. The lowest BCUT2D eigenvalue weighted by atomic mass is 10.1. The molecule has 1 saturated carbocycles. The molecule has 3 nitrogen and oxygen atoms in total. The molecule has 0 spiro atoms. The first-order valence-corrected chi connectivity index (χ1v) is 7.25. The number of nitrogens with zero attached hydrogens (tertiary/aromatic N) is 1. The number of aromatic nitrogens is 1. The number of nitrogens with one attached hydrogen (secondary N) is 1. The third-order valence-electron chi connectivity index (χ3n) is 3.33. The molecule has 1 aromatic carbocycles. The highest BCUT2D eigenvalue weighted by molar-refractivity contribution is 7.10. The van der Waals surface area contributed by atoms with Gasteiger partial charge in [-0.25, -0.2) is 4.39 Å². The molecule has 0 saturated heterocycles. The Labute approximate surface area is 115 Å². The van der Waals surface area contributed by atoms with Crippen LogP contribution in [0.15, 0.2) is 24.3 Å². The number of halogens is 1. The van der Waals surface area contributed by atoms with Crippen LogP contribution in [-0.4, -0.2) is 10.9 Å². The molecule has 2 aromatic rings. The normalized spacial score (nSPS) is 14.6. The average Bonchev–Trinajstić information content (AvgIpc) is 3.15. The van der Waals surface area contributed by atoms with Crippen molar-refractivity contribution in [3.05, 3.63) is 41.2 Å². The Morgan fingerprint density at radius 1 is 1.42 bits per heavy atom. The number of hydrogen-bond donors (Lipinski definition) is 2. The molecule has 19 heavy (non-hydrogen) atoms. The number of nitrogen functional groups attached to an aromatic ring is 1. The Kier molecular flexibility index (Phi) is 3.38. The minimum Gasteiger partial charge on any atom is -0.383 e. The summed E-state index contributed by atoms with van der Waals surface area (Å²) in [5, 5.41) is 4.46. The van der Waals surface area contributed by atoms with Crippen LogP contribution in [0.1, 0.15) is 29.9 Å². The van der Waals surface area contributed by atoms with E-state index in [1.807, 2.05) is 6.07 Å². The molecule has 3 rings (SSSR count). The molecule has 0 bridgehead atoms. The van der Waals surface area contributed by atoms with Crippen molar-refractivity contribution in [2.45, 2.75) is 25.2 Å². The minimum atomic E-state index is -0.182. The van der Waals surface area contributed by atoms with E-state index in [1.54, 1.807) is 12.1 Å². The standard InChI is InChI=1S/C14H16FN3S/c15-11-3-1-2-9(8-11)6-7-17-14-12(10-4-5-10)13(16)18-19-14/h1-3,8,10,17H,4-7H2,(H2,16,18). The van der Waals surface area contributed by atoms with Crippen molar-refractivity contribution >= 4 is 22.4 Å². The first-order valence-electron chi connectivity index (χ1n) is 6.47. The largest absolute Gasteiger partial charge is 0.383 e. The lowest BCUT2D eigenvalue weighted by molar-refractivity contribution is 0.625. The molecule has 3 N–H and O–H groups in total. The molecule has 100 valence electrons. The SMILES string of the molecule is Nc1nsc(NCCc2cccc(F)c2)c1C1CC1. The maximum atomic E-state index is 13.1. The molecule has 0 radical (unpaired) electrons. The van der Waals surface area contributed by atoms with Crippen molar-refractivity contribution in [1.82, 2.24) is 4.37 Å². The van der Waals surface area contributed by atoms with Crippen LogP contribution in [0.2, 0.25) is 0 Å². The van der Waals surface area contributed by atoms with E-state index in [2.05, 4.69) is 9.69 Å². The molecule has 1 heterocycles. The average molecular weight is 277 g/mol. The smallest absolute Gasteiger partial charge is 0.142 e. The third kappa shape index (κ3) is 2.87. The van der Waals surface area contributed by atoms with Gasteiger partial charge in [0.1, 0.15) is 16.6 Å². The number of benzene rings is 1. The van der Waals surface area contributed by atoms with Crippen LogP contribution in [0, 0.1) is 5.82 Å². The summed E-state index contributed by atoms with van der Waals surface area (Å²) in [6.07, 6.45) is 3.21. The van der Waals surface area contributed by atoms with Crippen molar-refractivity contribution in [3.8, 4) is 0 Å². The Hall–Kier alpha value is -1.62. The summed E-state index contributed by atoms with van der Waals surface area (Å²) in [6.45, 7) is 0.769. The van der Waals surface area contributed by atoms with Gasteiger partial charge in [0.2, 0.25) is 0 Å². The van der Waals surface area contributed by atoms with E-state index in [0.717, 1.165) is 23.5 Å². The molecular weight excluding hydrogens is 261 g/mol. The zero-order valence-corrected chi connectivity index (χ0v) is 11.3. The van der Waals surface area contributed by atoms with Gasteiger partial charge in [0.05, 0.1) is 0 Å². The molecular formula is C14H16FN3S. The third-order valence-corrected chi connectivity index (χ3v) is 4.16. The van der Waals surface area contributed by atoms with Gasteiger partial charge in [-0.15, -0.1) is 0 Å². The monoisotopic (exact) mass is 277 g/mol. The van der Waals surface area contributed by atoms with Crippen molar-refractivity contribution in [2.75, 3.05) is 17.6 Å². The number of anilines is 2. The van der Waals surface area contributed by atoms with Crippen molar-refractivity contribution in [1.29, 1.82) is 0 Å². The van der Waals surface area contributed by atoms with Gasteiger partial charge >= 0.3 is 0 Å². The number of nitrogens with two attached hydrogens (primary N) is 1. The van der Waals surface area contributed by atoms with E-state index < -0.39 is 0 Å². The molecule has 1 aliphatic carbocycles. The molecule has 1 fully saturated rings. The van der Waals surface area contributed by atoms with Crippen LogP contribution >= 0.6 is 11.5 Å². The lowest BCUT2D eigenvalue weighted by Crippen LogP contribution is -2.05. The zero-order valence-electron chi connectivity index (χ0n) is 10.5. The highest BCUT2D eigenvalue weighted by atomic mass is 32.1. The number of hydrogen-bond acceptors (Lipinski definition) is 4. The highest BCUT2D eigenvalue weighted by Gasteiger charge is 2.30. The second-order valence-electron chi connectivity index (χ2n) is 4.89. The van der Waals surface area contributed by atoms with Crippen LogP contribution in [0.3, 0.4) is 0 Å². The van der Waals surface area contributed by atoms with Gasteiger partial charge in [0, 0.05) is 12.1 Å². The molecule has 0 aliphatic heterocycles. The van der Waals surface area contributed by atoms with Crippen LogP contribution in [0.4, 0.5) is 15.2 Å². The summed E-state index contributed by atoms with van der Waals surface area (Å²) >= 11 is 1.42. The van der Waals surface area contributed by atoms with E-state index in [1.165, 1.54) is 36.0 Å². The van der Waals surface area contributed by atoms with Gasteiger partial charge in [0.15, 0.2) is 0 Å². The van der Waals surface area contributed by atoms with E-state index in [9.17, 15) is 4.39 Å². The summed E-state index contributed by atoms with van der Waals surface area (Å²) in [7, 11) is 0. The summed E-state index contributed by atoms with van der Waals surface area (Å²) in [6, 6.07) is 6.72. The second kappa shape index (κ2) is 5.17.